The molecule has 1 unspecified atom stereocenters. The second kappa shape index (κ2) is 12.9. The Morgan fingerprint density at radius 2 is 1.77 bits per heavy atom. The van der Waals surface area contributed by atoms with E-state index in [0.29, 0.717) is 42.5 Å². The van der Waals surface area contributed by atoms with Crippen LogP contribution in [0.2, 0.25) is 5.02 Å². The first-order valence-corrected chi connectivity index (χ1v) is 12.0. The Morgan fingerprint density at radius 1 is 1.06 bits per heavy atom. The minimum absolute atomic E-state index is 0.0333. The van der Waals surface area contributed by atoms with Crippen molar-refractivity contribution in [1.29, 1.82) is 0 Å². The predicted molar refractivity (Wildman–Crippen MR) is 144 cm³/mol. The van der Waals surface area contributed by atoms with Gasteiger partial charge in [0.15, 0.2) is 0 Å². The highest BCUT2D eigenvalue weighted by Gasteiger charge is 2.17. The van der Waals surface area contributed by atoms with E-state index >= 15 is 0 Å². The Hall–Kier alpha value is -3.35. The smallest absolute Gasteiger partial charge is 0.323 e. The third-order valence-corrected chi connectivity index (χ3v) is 6.04. The van der Waals surface area contributed by atoms with Gasteiger partial charge in [0, 0.05) is 37.3 Å². The number of rotatable bonds is 11. The molecule has 0 fully saturated rings. The molecule has 0 saturated heterocycles. The van der Waals surface area contributed by atoms with Crippen LogP contribution in [0.1, 0.15) is 36.0 Å². The molecule has 7 heteroatoms. The standard InChI is InChI=1S/C28H32ClN3O3/c1-20-4-11-25(12-5-20)30-28(34)31-26-18-23(21(2)14-16-33)8-13-27(26)32(15-17-35-3)19-22-6-9-24(29)10-7-22/h4-13,16,18,21H,14-15,17,19H2,1-3H3,(H2,30,31,34). The lowest BCUT2D eigenvalue weighted by molar-refractivity contribution is -0.108. The summed E-state index contributed by atoms with van der Waals surface area (Å²) < 4.78 is 5.35. The number of amides is 2. The molecule has 0 bridgehead atoms. The number of methoxy groups -OCH3 is 1. The Bertz CT molecular complexity index is 1120. The third kappa shape index (κ3) is 7.84. The first-order valence-electron chi connectivity index (χ1n) is 11.6. The number of carbonyl (C=O) groups excluding carboxylic acids is 2. The minimum Gasteiger partial charge on any atom is -0.383 e. The second-order valence-corrected chi connectivity index (χ2v) is 9.00. The molecule has 2 N–H and O–H groups in total. The Kier molecular flexibility index (Phi) is 9.70. The lowest BCUT2D eigenvalue weighted by Gasteiger charge is -2.28. The topological polar surface area (TPSA) is 70.7 Å². The van der Waals surface area contributed by atoms with Crippen molar-refractivity contribution in [2.75, 3.05) is 35.8 Å². The highest BCUT2D eigenvalue weighted by molar-refractivity contribution is 6.30. The van der Waals surface area contributed by atoms with E-state index in [1.165, 1.54) is 0 Å². The fraction of sp³-hybridized carbons (Fsp3) is 0.286. The largest absolute Gasteiger partial charge is 0.383 e. The van der Waals surface area contributed by atoms with Crippen LogP contribution in [-0.4, -0.2) is 32.6 Å². The van der Waals surface area contributed by atoms with Crippen molar-refractivity contribution in [3.05, 3.63) is 88.4 Å². The van der Waals surface area contributed by atoms with Crippen LogP contribution in [0.4, 0.5) is 21.9 Å². The average Bonchev–Trinajstić information content (AvgIpc) is 2.84. The molecule has 184 valence electrons. The molecule has 0 aliphatic rings. The van der Waals surface area contributed by atoms with Gasteiger partial charge in [0.25, 0.3) is 0 Å². The zero-order valence-electron chi connectivity index (χ0n) is 20.4. The van der Waals surface area contributed by atoms with E-state index in [9.17, 15) is 9.59 Å². The van der Waals surface area contributed by atoms with Crippen molar-refractivity contribution >= 4 is 41.0 Å². The van der Waals surface area contributed by atoms with Crippen LogP contribution >= 0.6 is 11.6 Å². The third-order valence-electron chi connectivity index (χ3n) is 5.79. The molecule has 35 heavy (non-hydrogen) atoms. The summed E-state index contributed by atoms with van der Waals surface area (Å²) in [5, 5.41) is 6.59. The van der Waals surface area contributed by atoms with Crippen LogP contribution in [0.3, 0.4) is 0 Å². The lowest BCUT2D eigenvalue weighted by atomic mass is 9.97. The Balaban J connectivity index is 1.92. The molecule has 0 aliphatic carbocycles. The maximum absolute atomic E-state index is 12.9. The summed E-state index contributed by atoms with van der Waals surface area (Å²) in [6.07, 6.45) is 1.33. The molecular weight excluding hydrogens is 462 g/mol. The molecule has 0 radical (unpaired) electrons. The van der Waals surface area contributed by atoms with E-state index in [0.717, 1.165) is 28.7 Å². The van der Waals surface area contributed by atoms with E-state index in [2.05, 4.69) is 15.5 Å². The maximum Gasteiger partial charge on any atom is 0.323 e. The molecule has 0 saturated carbocycles. The van der Waals surface area contributed by atoms with Crippen molar-refractivity contribution in [1.82, 2.24) is 0 Å². The average molecular weight is 494 g/mol. The summed E-state index contributed by atoms with van der Waals surface area (Å²) in [5.74, 6) is 0.0333. The number of hydrogen-bond acceptors (Lipinski definition) is 4. The van der Waals surface area contributed by atoms with Crippen LogP contribution in [0.25, 0.3) is 0 Å². The fourth-order valence-corrected chi connectivity index (χ4v) is 3.86. The Labute approximate surface area is 212 Å². The predicted octanol–water partition coefficient (Wildman–Crippen LogP) is 6.64. The number of carbonyl (C=O) groups is 2. The van der Waals surface area contributed by atoms with Crippen LogP contribution < -0.4 is 15.5 Å². The van der Waals surface area contributed by atoms with E-state index in [1.54, 1.807) is 7.11 Å². The molecule has 0 aliphatic heterocycles. The van der Waals surface area contributed by atoms with Gasteiger partial charge < -0.3 is 25.1 Å². The first kappa shape index (κ1) is 26.3. The van der Waals surface area contributed by atoms with Crippen LogP contribution in [0.15, 0.2) is 66.7 Å². The first-order chi connectivity index (χ1) is 16.9. The van der Waals surface area contributed by atoms with E-state index in [-0.39, 0.29) is 11.9 Å². The molecule has 6 nitrogen and oxygen atoms in total. The molecule has 0 aromatic heterocycles. The number of ether oxygens (including phenoxy) is 1. The van der Waals surface area contributed by atoms with Gasteiger partial charge in [-0.1, -0.05) is 54.4 Å². The summed E-state index contributed by atoms with van der Waals surface area (Å²) in [6, 6.07) is 20.9. The monoisotopic (exact) mass is 493 g/mol. The van der Waals surface area contributed by atoms with E-state index in [1.807, 2.05) is 80.6 Å². The van der Waals surface area contributed by atoms with Crippen molar-refractivity contribution in [2.45, 2.75) is 32.7 Å². The number of aryl methyl sites for hydroxylation is 1. The zero-order chi connectivity index (χ0) is 25.2. The van der Waals surface area contributed by atoms with E-state index in [4.69, 9.17) is 16.3 Å². The maximum atomic E-state index is 12.9. The van der Waals surface area contributed by atoms with Gasteiger partial charge in [-0.05, 0) is 60.4 Å². The number of nitrogens with one attached hydrogen (secondary N) is 2. The molecule has 3 rings (SSSR count). The van der Waals surface area contributed by atoms with Crippen LogP contribution in [0, 0.1) is 6.92 Å². The second-order valence-electron chi connectivity index (χ2n) is 8.57. The number of urea groups is 1. The number of anilines is 3. The highest BCUT2D eigenvalue weighted by atomic mass is 35.5. The normalized spacial score (nSPS) is 11.5. The number of aldehydes is 1. The summed E-state index contributed by atoms with van der Waals surface area (Å²) >= 11 is 6.07. The van der Waals surface area contributed by atoms with Crippen molar-refractivity contribution in [3.8, 4) is 0 Å². The quantitative estimate of drug-likeness (QED) is 0.294. The fourth-order valence-electron chi connectivity index (χ4n) is 3.73. The van der Waals surface area contributed by atoms with Gasteiger partial charge in [0.05, 0.1) is 18.0 Å². The molecule has 0 heterocycles. The lowest BCUT2D eigenvalue weighted by Crippen LogP contribution is -2.29. The molecule has 0 spiro atoms. The zero-order valence-corrected chi connectivity index (χ0v) is 21.1. The van der Waals surface area contributed by atoms with Gasteiger partial charge in [-0.25, -0.2) is 4.79 Å². The van der Waals surface area contributed by atoms with Gasteiger partial charge in [-0.3, -0.25) is 0 Å². The van der Waals surface area contributed by atoms with E-state index < -0.39 is 0 Å². The summed E-state index contributed by atoms with van der Waals surface area (Å²) in [4.78, 5) is 26.2. The number of hydrogen-bond donors (Lipinski definition) is 2. The number of benzene rings is 3. The summed E-state index contributed by atoms with van der Waals surface area (Å²) in [5.41, 5.74) is 5.40. The number of halogens is 1. The summed E-state index contributed by atoms with van der Waals surface area (Å²) in [6.45, 7) is 5.74. The van der Waals surface area contributed by atoms with Crippen LogP contribution in [-0.2, 0) is 16.1 Å². The number of nitrogens with zero attached hydrogens (tertiary/aromatic N) is 1. The molecule has 3 aromatic rings. The van der Waals surface area contributed by atoms with Crippen molar-refractivity contribution in [2.24, 2.45) is 0 Å². The Morgan fingerprint density at radius 3 is 2.43 bits per heavy atom. The molecule has 1 atom stereocenters. The van der Waals surface area contributed by atoms with Gasteiger partial charge >= 0.3 is 6.03 Å². The minimum atomic E-state index is -0.339. The highest BCUT2D eigenvalue weighted by Crippen LogP contribution is 2.32. The van der Waals surface area contributed by atoms with Crippen molar-refractivity contribution < 1.29 is 14.3 Å². The van der Waals surface area contributed by atoms with Crippen molar-refractivity contribution in [3.63, 3.8) is 0 Å². The van der Waals surface area contributed by atoms with Crippen LogP contribution in [0.5, 0.6) is 0 Å². The summed E-state index contributed by atoms with van der Waals surface area (Å²) in [7, 11) is 1.67. The van der Waals surface area contributed by atoms with Gasteiger partial charge in [-0.2, -0.15) is 0 Å². The molecule has 3 aromatic carbocycles. The van der Waals surface area contributed by atoms with Gasteiger partial charge in [-0.15, -0.1) is 0 Å². The molecular formula is C28H32ClN3O3. The van der Waals surface area contributed by atoms with Gasteiger partial charge in [0.2, 0.25) is 0 Å². The van der Waals surface area contributed by atoms with Gasteiger partial charge in [0.1, 0.15) is 6.29 Å². The molecule has 2 amide bonds. The SMILES string of the molecule is COCCN(Cc1ccc(Cl)cc1)c1ccc(C(C)CC=O)cc1NC(=O)Nc1ccc(C)cc1.